The van der Waals surface area contributed by atoms with Crippen molar-refractivity contribution in [1.29, 1.82) is 0 Å². The van der Waals surface area contributed by atoms with Gasteiger partial charge in [0, 0.05) is 18.7 Å². The van der Waals surface area contributed by atoms with Gasteiger partial charge in [0.15, 0.2) is 21.0 Å². The summed E-state index contributed by atoms with van der Waals surface area (Å²) in [5.74, 6) is 0.0832. The van der Waals surface area contributed by atoms with E-state index in [0.29, 0.717) is 24.0 Å². The minimum absolute atomic E-state index is 0.0330. The van der Waals surface area contributed by atoms with Crippen molar-refractivity contribution in [3.8, 4) is 5.75 Å². The zero-order chi connectivity index (χ0) is 24.5. The standard InChI is InChI=1S/C26H29NO6S/c1-4-10-32-21-7-5-19(6-8-21)15-27(20-9-11-34(30,31)16-20)26(29)24-14-23(28)22-13-17(2)12-18(3)25(22)33-24/h5-8,12-14,20H,4,9-11,15-16H2,1-3H3/t20-/m0/s1. The molecule has 1 aliphatic rings. The van der Waals surface area contributed by atoms with Crippen molar-refractivity contribution in [1.82, 2.24) is 4.90 Å². The van der Waals surface area contributed by atoms with Crippen LogP contribution in [0.3, 0.4) is 0 Å². The third kappa shape index (κ3) is 5.17. The van der Waals surface area contributed by atoms with Crippen LogP contribution in [0.15, 0.2) is 51.7 Å². The molecule has 4 rings (SSSR count). The number of sulfone groups is 1. The molecule has 2 heterocycles. The van der Waals surface area contributed by atoms with E-state index in [1.54, 1.807) is 6.07 Å². The number of carbonyl (C=O) groups is 1. The van der Waals surface area contributed by atoms with Gasteiger partial charge < -0.3 is 14.1 Å². The minimum atomic E-state index is -3.23. The van der Waals surface area contributed by atoms with Crippen LogP contribution in [-0.4, -0.2) is 43.4 Å². The highest BCUT2D eigenvalue weighted by molar-refractivity contribution is 7.91. The van der Waals surface area contributed by atoms with E-state index < -0.39 is 21.8 Å². The number of aryl methyl sites for hydroxylation is 2. The highest BCUT2D eigenvalue weighted by Gasteiger charge is 2.36. The molecule has 0 radical (unpaired) electrons. The predicted octanol–water partition coefficient (Wildman–Crippen LogP) is 4.03. The van der Waals surface area contributed by atoms with E-state index in [1.165, 1.54) is 11.0 Å². The largest absolute Gasteiger partial charge is 0.494 e. The Hall–Kier alpha value is -3.13. The number of hydrogen-bond donors (Lipinski definition) is 0. The average Bonchev–Trinajstić information content (AvgIpc) is 3.16. The van der Waals surface area contributed by atoms with Crippen molar-refractivity contribution < 1.29 is 22.4 Å². The van der Waals surface area contributed by atoms with Gasteiger partial charge >= 0.3 is 0 Å². The molecule has 2 aromatic carbocycles. The van der Waals surface area contributed by atoms with E-state index in [9.17, 15) is 18.0 Å². The second-order valence-corrected chi connectivity index (χ2v) is 11.1. The van der Waals surface area contributed by atoms with Gasteiger partial charge in [0.25, 0.3) is 5.91 Å². The molecule has 3 aromatic rings. The summed E-state index contributed by atoms with van der Waals surface area (Å²) in [4.78, 5) is 27.9. The van der Waals surface area contributed by atoms with E-state index in [-0.39, 0.29) is 29.2 Å². The van der Waals surface area contributed by atoms with Crippen LogP contribution in [-0.2, 0) is 16.4 Å². The van der Waals surface area contributed by atoms with Gasteiger partial charge in [-0.25, -0.2) is 8.42 Å². The Balaban J connectivity index is 1.69. The Bertz CT molecular complexity index is 1370. The summed E-state index contributed by atoms with van der Waals surface area (Å²) in [7, 11) is -3.23. The molecule has 0 bridgehead atoms. The third-order valence-electron chi connectivity index (χ3n) is 6.03. The Morgan fingerprint density at radius 1 is 1.15 bits per heavy atom. The van der Waals surface area contributed by atoms with Crippen LogP contribution in [0.1, 0.15) is 47.0 Å². The molecule has 8 heteroatoms. The van der Waals surface area contributed by atoms with Crippen molar-refractivity contribution in [2.75, 3.05) is 18.1 Å². The summed E-state index contributed by atoms with van der Waals surface area (Å²) in [6.45, 7) is 6.56. The zero-order valence-corrected chi connectivity index (χ0v) is 20.5. The van der Waals surface area contributed by atoms with Crippen molar-refractivity contribution in [2.45, 2.75) is 46.2 Å². The summed E-state index contributed by atoms with van der Waals surface area (Å²) in [6.07, 6.45) is 1.25. The first-order chi connectivity index (χ1) is 16.2. The van der Waals surface area contributed by atoms with Crippen molar-refractivity contribution in [3.63, 3.8) is 0 Å². The molecule has 0 saturated carbocycles. The maximum Gasteiger partial charge on any atom is 0.290 e. The number of benzene rings is 2. The molecule has 1 fully saturated rings. The van der Waals surface area contributed by atoms with Gasteiger partial charge in [-0.05, 0) is 61.6 Å². The SMILES string of the molecule is CCCOc1ccc(CN(C(=O)c2cc(=O)c3cc(C)cc(C)c3o2)[C@H]2CCS(=O)(=O)C2)cc1. The molecule has 7 nitrogen and oxygen atoms in total. The van der Waals surface area contributed by atoms with Gasteiger partial charge in [0.05, 0.1) is 23.5 Å². The molecule has 0 N–H and O–H groups in total. The summed E-state index contributed by atoms with van der Waals surface area (Å²) >= 11 is 0. The van der Waals surface area contributed by atoms with Crippen LogP contribution in [0.5, 0.6) is 5.75 Å². The van der Waals surface area contributed by atoms with Gasteiger partial charge in [0.1, 0.15) is 11.3 Å². The fourth-order valence-electron chi connectivity index (χ4n) is 4.35. The first-order valence-electron chi connectivity index (χ1n) is 11.4. The molecular formula is C26H29NO6S. The minimum Gasteiger partial charge on any atom is -0.494 e. The second-order valence-electron chi connectivity index (χ2n) is 8.92. The summed E-state index contributed by atoms with van der Waals surface area (Å²) in [6, 6.07) is 11.7. The lowest BCUT2D eigenvalue weighted by molar-refractivity contribution is 0.0648. The van der Waals surface area contributed by atoms with Gasteiger partial charge in [-0.15, -0.1) is 0 Å². The molecule has 1 saturated heterocycles. The maximum atomic E-state index is 13.6. The van der Waals surface area contributed by atoms with E-state index in [4.69, 9.17) is 9.15 Å². The molecule has 1 atom stereocenters. The summed E-state index contributed by atoms with van der Waals surface area (Å²) in [5.41, 5.74) is 2.60. The monoisotopic (exact) mass is 483 g/mol. The highest BCUT2D eigenvalue weighted by atomic mass is 32.2. The number of hydrogen-bond acceptors (Lipinski definition) is 6. The van der Waals surface area contributed by atoms with Gasteiger partial charge in [-0.1, -0.05) is 25.1 Å². The normalized spacial score (nSPS) is 17.1. The fourth-order valence-corrected chi connectivity index (χ4v) is 6.08. The average molecular weight is 484 g/mol. The molecule has 1 aliphatic heterocycles. The van der Waals surface area contributed by atoms with E-state index >= 15 is 0 Å². The number of carbonyl (C=O) groups excluding carboxylic acids is 1. The van der Waals surface area contributed by atoms with Crippen LogP contribution in [0.2, 0.25) is 0 Å². The van der Waals surface area contributed by atoms with Gasteiger partial charge in [-0.3, -0.25) is 9.59 Å². The lowest BCUT2D eigenvalue weighted by atomic mass is 10.1. The van der Waals surface area contributed by atoms with Crippen LogP contribution in [0, 0.1) is 13.8 Å². The molecule has 0 unspecified atom stereocenters. The Morgan fingerprint density at radius 2 is 1.88 bits per heavy atom. The Labute approximate surface area is 199 Å². The number of nitrogens with zero attached hydrogens (tertiary/aromatic N) is 1. The van der Waals surface area contributed by atoms with E-state index in [2.05, 4.69) is 0 Å². The highest BCUT2D eigenvalue weighted by Crippen LogP contribution is 2.25. The molecule has 180 valence electrons. The number of amides is 1. The molecule has 34 heavy (non-hydrogen) atoms. The maximum absolute atomic E-state index is 13.6. The van der Waals surface area contributed by atoms with E-state index in [0.717, 1.165) is 28.9 Å². The zero-order valence-electron chi connectivity index (χ0n) is 19.7. The van der Waals surface area contributed by atoms with Crippen LogP contribution < -0.4 is 10.2 Å². The van der Waals surface area contributed by atoms with Gasteiger partial charge in [0.2, 0.25) is 0 Å². The smallest absolute Gasteiger partial charge is 0.290 e. The van der Waals surface area contributed by atoms with Crippen molar-refractivity contribution >= 4 is 26.7 Å². The number of fused-ring (bicyclic) bond motifs is 1. The first kappa shape index (κ1) is 24.0. The van der Waals surface area contributed by atoms with Crippen LogP contribution in [0.25, 0.3) is 11.0 Å². The molecule has 1 aromatic heterocycles. The molecule has 1 amide bonds. The lowest BCUT2D eigenvalue weighted by Crippen LogP contribution is -2.40. The third-order valence-corrected chi connectivity index (χ3v) is 7.78. The molecule has 0 spiro atoms. The van der Waals surface area contributed by atoms with Crippen LogP contribution in [0.4, 0.5) is 0 Å². The Kier molecular flexibility index (Phi) is 6.79. The second kappa shape index (κ2) is 9.62. The number of rotatable bonds is 7. The van der Waals surface area contributed by atoms with Crippen LogP contribution >= 0.6 is 0 Å². The predicted molar refractivity (Wildman–Crippen MR) is 131 cm³/mol. The molecule has 0 aliphatic carbocycles. The topological polar surface area (TPSA) is 93.9 Å². The summed E-state index contributed by atoms with van der Waals surface area (Å²) in [5, 5.41) is 0.423. The number of ether oxygens (including phenoxy) is 1. The van der Waals surface area contributed by atoms with E-state index in [1.807, 2.05) is 51.1 Å². The Morgan fingerprint density at radius 3 is 2.53 bits per heavy atom. The fraction of sp³-hybridized carbons (Fsp3) is 0.385. The quantitative estimate of drug-likeness (QED) is 0.504. The van der Waals surface area contributed by atoms with Gasteiger partial charge in [-0.2, -0.15) is 0 Å². The molecular weight excluding hydrogens is 454 g/mol. The first-order valence-corrected chi connectivity index (χ1v) is 13.3. The lowest BCUT2D eigenvalue weighted by Gasteiger charge is -2.28. The summed E-state index contributed by atoms with van der Waals surface area (Å²) < 4.78 is 35.9. The van der Waals surface area contributed by atoms with Crippen molar-refractivity contribution in [3.05, 3.63) is 75.1 Å². The van der Waals surface area contributed by atoms with Crippen molar-refractivity contribution in [2.24, 2.45) is 0 Å².